The van der Waals surface area contributed by atoms with E-state index in [1.54, 1.807) is 0 Å². The molecule has 4 nitrogen and oxygen atoms in total. The molecule has 0 aliphatic heterocycles. The highest BCUT2D eigenvalue weighted by Gasteiger charge is 2.20. The van der Waals surface area contributed by atoms with Crippen LogP contribution in [0.1, 0.15) is 37.4 Å². The zero-order chi connectivity index (χ0) is 14.1. The third-order valence-corrected chi connectivity index (χ3v) is 4.56. The summed E-state index contributed by atoms with van der Waals surface area (Å²) in [4.78, 5) is 17.0. The van der Waals surface area contributed by atoms with E-state index in [0.717, 1.165) is 44.3 Å². The number of nitrogens with zero attached hydrogens (tertiary/aromatic N) is 2. The summed E-state index contributed by atoms with van der Waals surface area (Å²) in [6, 6.07) is 2.03. The molecule has 2 aromatic rings. The van der Waals surface area contributed by atoms with E-state index in [4.69, 9.17) is 5.73 Å². The number of nitrogen functional groups attached to an aromatic ring is 1. The molecule has 0 amide bonds. The molecule has 0 fully saturated rings. The quantitative estimate of drug-likeness (QED) is 0.941. The topological polar surface area (TPSA) is 60.9 Å². The lowest BCUT2D eigenvalue weighted by atomic mass is 10.1. The lowest BCUT2D eigenvalue weighted by Crippen LogP contribution is -2.25. The SMILES string of the molecule is CCCCn1c2c(cc(-c3csc(N)n3)c1=O)CCC2. The third kappa shape index (κ3) is 2.26. The van der Waals surface area contributed by atoms with Crippen molar-refractivity contribution in [2.75, 3.05) is 5.73 Å². The molecule has 5 heteroatoms. The Labute approximate surface area is 122 Å². The Morgan fingerprint density at radius 1 is 1.45 bits per heavy atom. The molecule has 106 valence electrons. The monoisotopic (exact) mass is 289 g/mol. The van der Waals surface area contributed by atoms with Gasteiger partial charge < -0.3 is 10.3 Å². The Balaban J connectivity index is 2.14. The summed E-state index contributed by atoms with van der Waals surface area (Å²) in [5, 5.41) is 2.39. The summed E-state index contributed by atoms with van der Waals surface area (Å²) < 4.78 is 1.97. The van der Waals surface area contributed by atoms with Gasteiger partial charge in [-0.1, -0.05) is 13.3 Å². The minimum atomic E-state index is 0.0874. The second-order valence-electron chi connectivity index (χ2n) is 5.26. The second-order valence-corrected chi connectivity index (χ2v) is 6.15. The number of anilines is 1. The largest absolute Gasteiger partial charge is 0.375 e. The molecule has 1 aliphatic rings. The summed E-state index contributed by atoms with van der Waals surface area (Å²) in [6.45, 7) is 2.96. The Morgan fingerprint density at radius 2 is 2.30 bits per heavy atom. The smallest absolute Gasteiger partial charge is 0.260 e. The van der Waals surface area contributed by atoms with Gasteiger partial charge in [-0.3, -0.25) is 4.79 Å². The van der Waals surface area contributed by atoms with E-state index in [-0.39, 0.29) is 5.56 Å². The minimum Gasteiger partial charge on any atom is -0.375 e. The van der Waals surface area contributed by atoms with Crippen LogP contribution in [0.25, 0.3) is 11.3 Å². The lowest BCUT2D eigenvalue weighted by molar-refractivity contribution is 0.591. The molecular weight excluding hydrogens is 270 g/mol. The first kappa shape index (κ1) is 13.4. The van der Waals surface area contributed by atoms with Crippen LogP contribution >= 0.6 is 11.3 Å². The maximum atomic E-state index is 12.7. The molecule has 0 atom stereocenters. The van der Waals surface area contributed by atoms with Crippen LogP contribution in [0.3, 0.4) is 0 Å². The van der Waals surface area contributed by atoms with Crippen molar-refractivity contribution in [2.45, 2.75) is 45.6 Å². The molecule has 0 aromatic carbocycles. The van der Waals surface area contributed by atoms with Gasteiger partial charge in [0.1, 0.15) is 0 Å². The Bertz CT molecular complexity index is 687. The normalized spacial score (nSPS) is 13.7. The van der Waals surface area contributed by atoms with Gasteiger partial charge in [-0.2, -0.15) is 0 Å². The van der Waals surface area contributed by atoms with Crippen molar-refractivity contribution >= 4 is 16.5 Å². The number of fused-ring (bicyclic) bond motifs is 1. The first-order chi connectivity index (χ1) is 9.70. The van der Waals surface area contributed by atoms with E-state index in [0.29, 0.717) is 10.7 Å². The number of pyridine rings is 1. The van der Waals surface area contributed by atoms with Crippen LogP contribution < -0.4 is 11.3 Å². The predicted molar refractivity (Wildman–Crippen MR) is 83.2 cm³/mol. The molecule has 0 spiro atoms. The zero-order valence-electron chi connectivity index (χ0n) is 11.7. The van der Waals surface area contributed by atoms with Crippen molar-refractivity contribution in [1.29, 1.82) is 0 Å². The van der Waals surface area contributed by atoms with Gasteiger partial charge in [0.15, 0.2) is 5.13 Å². The Kier molecular flexibility index (Phi) is 3.61. The van der Waals surface area contributed by atoms with Crippen LogP contribution in [0.5, 0.6) is 0 Å². The van der Waals surface area contributed by atoms with Crippen molar-refractivity contribution in [3.05, 3.63) is 33.1 Å². The van der Waals surface area contributed by atoms with Gasteiger partial charge >= 0.3 is 0 Å². The minimum absolute atomic E-state index is 0.0874. The molecule has 0 radical (unpaired) electrons. The van der Waals surface area contributed by atoms with Crippen molar-refractivity contribution in [3.63, 3.8) is 0 Å². The molecule has 0 saturated carbocycles. The number of rotatable bonds is 4. The number of aromatic nitrogens is 2. The molecule has 2 N–H and O–H groups in total. The third-order valence-electron chi connectivity index (χ3n) is 3.88. The molecule has 1 aliphatic carbocycles. The highest BCUT2D eigenvalue weighted by molar-refractivity contribution is 7.13. The van der Waals surface area contributed by atoms with Crippen LogP contribution in [0, 0.1) is 0 Å². The molecule has 0 saturated heterocycles. The molecular formula is C15H19N3OS. The first-order valence-corrected chi connectivity index (χ1v) is 8.05. The highest BCUT2D eigenvalue weighted by atomic mass is 32.1. The van der Waals surface area contributed by atoms with Crippen LogP contribution in [-0.4, -0.2) is 9.55 Å². The number of aryl methyl sites for hydroxylation is 1. The summed E-state index contributed by atoms with van der Waals surface area (Å²) in [7, 11) is 0. The second kappa shape index (κ2) is 5.40. The van der Waals surface area contributed by atoms with Crippen molar-refractivity contribution in [3.8, 4) is 11.3 Å². The van der Waals surface area contributed by atoms with Gasteiger partial charge in [-0.25, -0.2) is 4.98 Å². The molecule has 2 heterocycles. The maximum absolute atomic E-state index is 12.7. The number of thiazole rings is 1. The Morgan fingerprint density at radius 3 is 3.00 bits per heavy atom. The van der Waals surface area contributed by atoms with Gasteiger partial charge in [-0.05, 0) is 37.3 Å². The first-order valence-electron chi connectivity index (χ1n) is 7.17. The highest BCUT2D eigenvalue weighted by Crippen LogP contribution is 2.27. The van der Waals surface area contributed by atoms with Crippen LogP contribution in [-0.2, 0) is 19.4 Å². The summed E-state index contributed by atoms with van der Waals surface area (Å²) in [6.07, 6.45) is 5.36. The number of nitrogens with two attached hydrogens (primary N) is 1. The molecule has 2 aromatic heterocycles. The summed E-state index contributed by atoms with van der Waals surface area (Å²) >= 11 is 1.38. The predicted octanol–water partition coefficient (Wildman–Crippen LogP) is 2.84. The molecule has 0 bridgehead atoms. The summed E-state index contributed by atoms with van der Waals surface area (Å²) in [5.74, 6) is 0. The Hall–Kier alpha value is -1.62. The van der Waals surface area contributed by atoms with E-state index in [9.17, 15) is 4.79 Å². The van der Waals surface area contributed by atoms with Crippen LogP contribution in [0.2, 0.25) is 0 Å². The fourth-order valence-electron chi connectivity index (χ4n) is 2.87. The van der Waals surface area contributed by atoms with Crippen LogP contribution in [0.4, 0.5) is 5.13 Å². The average molecular weight is 289 g/mol. The number of hydrogen-bond acceptors (Lipinski definition) is 4. The molecule has 0 unspecified atom stereocenters. The van der Waals surface area contributed by atoms with E-state index in [1.165, 1.54) is 22.6 Å². The van der Waals surface area contributed by atoms with Crippen molar-refractivity contribution in [1.82, 2.24) is 9.55 Å². The van der Waals surface area contributed by atoms with Gasteiger partial charge in [0.05, 0.1) is 11.3 Å². The number of unbranched alkanes of at least 4 members (excludes halogenated alkanes) is 1. The van der Waals surface area contributed by atoms with E-state index < -0.39 is 0 Å². The standard InChI is InChI=1S/C15H19N3OS/c1-2-3-7-18-13-6-4-5-10(13)8-11(14(18)19)12-9-20-15(16)17-12/h8-9H,2-7H2,1H3,(H2,16,17). The van der Waals surface area contributed by atoms with Gasteiger partial charge in [0, 0.05) is 17.6 Å². The van der Waals surface area contributed by atoms with Gasteiger partial charge in [0.25, 0.3) is 5.56 Å². The van der Waals surface area contributed by atoms with Crippen molar-refractivity contribution < 1.29 is 0 Å². The van der Waals surface area contributed by atoms with Crippen molar-refractivity contribution in [2.24, 2.45) is 0 Å². The molecule has 3 rings (SSSR count). The summed E-state index contributed by atoms with van der Waals surface area (Å²) in [5.41, 5.74) is 9.75. The van der Waals surface area contributed by atoms with E-state index >= 15 is 0 Å². The van der Waals surface area contributed by atoms with Crippen LogP contribution in [0.15, 0.2) is 16.2 Å². The fraction of sp³-hybridized carbons (Fsp3) is 0.467. The average Bonchev–Trinajstić information content (AvgIpc) is 3.05. The van der Waals surface area contributed by atoms with Gasteiger partial charge in [-0.15, -0.1) is 11.3 Å². The lowest BCUT2D eigenvalue weighted by Gasteiger charge is -2.13. The van der Waals surface area contributed by atoms with E-state index in [1.807, 2.05) is 16.0 Å². The zero-order valence-corrected chi connectivity index (χ0v) is 12.5. The maximum Gasteiger partial charge on any atom is 0.260 e. The number of hydrogen-bond donors (Lipinski definition) is 1. The molecule has 20 heavy (non-hydrogen) atoms. The fourth-order valence-corrected chi connectivity index (χ4v) is 3.43. The van der Waals surface area contributed by atoms with E-state index in [2.05, 4.69) is 11.9 Å². The van der Waals surface area contributed by atoms with Gasteiger partial charge in [0.2, 0.25) is 0 Å².